The molecule has 4 fully saturated rings. The second kappa shape index (κ2) is 15.7. The third kappa shape index (κ3) is 9.39. The number of allylic oxidation sites excluding steroid dienone is 2. The zero-order valence-electron chi connectivity index (χ0n) is 24.1. The lowest BCUT2D eigenvalue weighted by Gasteiger charge is -2.31. The molecule has 0 radical (unpaired) electrons. The summed E-state index contributed by atoms with van der Waals surface area (Å²) in [5, 5.41) is 20.3. The van der Waals surface area contributed by atoms with Crippen molar-refractivity contribution in [2.75, 3.05) is 13.2 Å². The van der Waals surface area contributed by atoms with E-state index in [9.17, 15) is 15.0 Å². The van der Waals surface area contributed by atoms with E-state index in [-0.39, 0.29) is 48.5 Å². The highest BCUT2D eigenvalue weighted by atomic mass is 16.7. The van der Waals surface area contributed by atoms with Gasteiger partial charge in [-0.25, -0.2) is 0 Å². The largest absolute Gasteiger partial charge is 0.481 e. The molecule has 2 N–H and O–H groups in total. The fourth-order valence-electron chi connectivity index (χ4n) is 6.47. The molecule has 0 bridgehead atoms. The summed E-state index contributed by atoms with van der Waals surface area (Å²) in [6.45, 7) is 5.99. The lowest BCUT2D eigenvalue weighted by molar-refractivity contribution is -0.193. The first kappa shape index (κ1) is 30.7. The monoisotopic (exact) mass is 548 g/mol. The number of carbonyl (C=O) groups is 1. The lowest BCUT2D eigenvalue weighted by atomic mass is 9.88. The van der Waals surface area contributed by atoms with E-state index in [1.165, 1.54) is 6.42 Å². The highest BCUT2D eigenvalue weighted by molar-refractivity contribution is 5.73. The number of hydrogen-bond donors (Lipinski definition) is 2. The molecule has 0 aromatic carbocycles. The maximum Gasteiger partial charge on any atom is 0.306 e. The lowest BCUT2D eigenvalue weighted by Crippen LogP contribution is -2.32. The van der Waals surface area contributed by atoms with E-state index in [2.05, 4.69) is 38.2 Å². The Morgan fingerprint density at radius 2 is 1.74 bits per heavy atom. The summed E-state index contributed by atoms with van der Waals surface area (Å²) >= 11 is 0. The summed E-state index contributed by atoms with van der Waals surface area (Å²) in [6.07, 6.45) is 20.4. The van der Waals surface area contributed by atoms with Crippen LogP contribution in [0.2, 0.25) is 0 Å². The zero-order chi connectivity index (χ0) is 27.6. The molecule has 39 heavy (non-hydrogen) atoms. The van der Waals surface area contributed by atoms with Crippen LogP contribution in [0.3, 0.4) is 0 Å². The van der Waals surface area contributed by atoms with Crippen molar-refractivity contribution < 1.29 is 34.0 Å². The van der Waals surface area contributed by atoms with E-state index in [1.54, 1.807) is 0 Å². The normalized spacial score (nSPS) is 36.9. The minimum Gasteiger partial charge on any atom is -0.481 e. The van der Waals surface area contributed by atoms with E-state index in [1.807, 2.05) is 0 Å². The number of hydrogen-bond acceptors (Lipinski definition) is 6. The number of carboxylic acids is 1. The Balaban J connectivity index is 1.44. The van der Waals surface area contributed by atoms with Crippen molar-refractivity contribution in [2.24, 2.45) is 29.6 Å². The van der Waals surface area contributed by atoms with Crippen LogP contribution >= 0.6 is 0 Å². The Hall–Kier alpha value is -1.25. The Morgan fingerprint density at radius 1 is 1.03 bits per heavy atom. The van der Waals surface area contributed by atoms with E-state index in [0.29, 0.717) is 12.3 Å². The van der Waals surface area contributed by atoms with Crippen molar-refractivity contribution in [3.63, 3.8) is 0 Å². The van der Waals surface area contributed by atoms with Crippen LogP contribution in [0.5, 0.6) is 0 Å². The number of ether oxygens (including phenoxy) is 4. The van der Waals surface area contributed by atoms with Crippen LogP contribution in [0, 0.1) is 29.6 Å². The minimum absolute atomic E-state index is 0.0389. The van der Waals surface area contributed by atoms with Gasteiger partial charge in [-0.15, -0.1) is 0 Å². The molecule has 0 spiro atoms. The van der Waals surface area contributed by atoms with Crippen LogP contribution in [-0.4, -0.2) is 60.3 Å². The highest BCUT2D eigenvalue weighted by Gasteiger charge is 2.43. The van der Waals surface area contributed by atoms with Crippen LogP contribution in [0.4, 0.5) is 0 Å². The molecule has 222 valence electrons. The SMILES string of the molecule is CCCC[C@@H](C)[C@@H](/C=C/[C@@H]1[C@@H](C/C=C\C[C@@H]2C[C@H]2C(=O)O)[C@@H](O)C[C@H]1OC1CCCCO1)OC1CCCCO1. The van der Waals surface area contributed by atoms with Gasteiger partial charge in [-0.3, -0.25) is 4.79 Å². The molecule has 10 atom stereocenters. The first-order chi connectivity index (χ1) is 19.0. The highest BCUT2D eigenvalue weighted by Crippen LogP contribution is 2.42. The fraction of sp³-hybridized carbons (Fsp3) is 0.844. The molecule has 2 saturated heterocycles. The van der Waals surface area contributed by atoms with Crippen LogP contribution < -0.4 is 0 Å². The quantitative estimate of drug-likeness (QED) is 0.234. The van der Waals surface area contributed by atoms with Gasteiger partial charge in [0.2, 0.25) is 0 Å². The minimum atomic E-state index is -0.682. The van der Waals surface area contributed by atoms with Crippen molar-refractivity contribution >= 4 is 5.97 Å². The predicted octanol–water partition coefficient (Wildman–Crippen LogP) is 6.25. The topological polar surface area (TPSA) is 94.5 Å². The van der Waals surface area contributed by atoms with Gasteiger partial charge >= 0.3 is 5.97 Å². The van der Waals surface area contributed by atoms with E-state index >= 15 is 0 Å². The predicted molar refractivity (Wildman–Crippen MR) is 150 cm³/mol. The maximum atomic E-state index is 11.2. The molecule has 2 aliphatic heterocycles. The third-order valence-electron chi connectivity index (χ3n) is 9.15. The van der Waals surface area contributed by atoms with Crippen LogP contribution in [-0.2, 0) is 23.7 Å². The van der Waals surface area contributed by atoms with Gasteiger partial charge in [-0.05, 0) is 82.0 Å². The van der Waals surface area contributed by atoms with Gasteiger partial charge in [0, 0.05) is 25.6 Å². The standard InChI is InChI=1S/C32H52O7/c1-3-4-11-22(2)28(38-30-14-7-9-18-36-30)17-16-25-24(13-6-5-12-23-20-26(23)32(34)35)27(33)21-29(25)39-31-15-8-10-19-37-31/h5-6,16-17,22-31,33H,3-4,7-15,18-21H2,1-2H3,(H,34,35)/b6-5-,17-16+/t22-,23-,24-,25-,26-,27+,28-,29-,30?,31?/m1/s1. The molecular weight excluding hydrogens is 496 g/mol. The summed E-state index contributed by atoms with van der Waals surface area (Å²) < 4.78 is 24.8. The van der Waals surface area contributed by atoms with Gasteiger partial charge in [0.15, 0.2) is 12.6 Å². The number of rotatable bonds is 15. The van der Waals surface area contributed by atoms with E-state index in [4.69, 9.17) is 18.9 Å². The van der Waals surface area contributed by atoms with Crippen molar-refractivity contribution in [3.8, 4) is 0 Å². The summed E-state index contributed by atoms with van der Waals surface area (Å²) in [7, 11) is 0. The molecule has 2 unspecified atom stereocenters. The molecule has 2 aliphatic carbocycles. The van der Waals surface area contributed by atoms with Gasteiger partial charge < -0.3 is 29.2 Å². The molecule has 2 saturated carbocycles. The van der Waals surface area contributed by atoms with Gasteiger partial charge in [-0.1, -0.05) is 51.0 Å². The number of unbranched alkanes of at least 4 members (excludes halogenated alkanes) is 1. The molecule has 0 aromatic rings. The first-order valence-electron chi connectivity index (χ1n) is 15.7. The molecule has 4 aliphatic rings. The van der Waals surface area contributed by atoms with Crippen molar-refractivity contribution in [1.82, 2.24) is 0 Å². The molecule has 4 rings (SSSR count). The average molecular weight is 549 g/mol. The average Bonchev–Trinajstić information content (AvgIpc) is 3.67. The molecule has 7 nitrogen and oxygen atoms in total. The summed E-state index contributed by atoms with van der Waals surface area (Å²) in [6, 6.07) is 0. The second-order valence-corrected chi connectivity index (χ2v) is 12.3. The second-order valence-electron chi connectivity index (χ2n) is 12.3. The van der Waals surface area contributed by atoms with Gasteiger partial charge in [0.25, 0.3) is 0 Å². The number of carboxylic acid groups (broad SMARTS) is 1. The Kier molecular flexibility index (Phi) is 12.3. The van der Waals surface area contributed by atoms with E-state index < -0.39 is 12.1 Å². The Labute approximate surface area is 235 Å². The Bertz CT molecular complexity index is 785. The van der Waals surface area contributed by atoms with Crippen LogP contribution in [0.15, 0.2) is 24.3 Å². The summed E-state index contributed by atoms with van der Waals surface area (Å²) in [5.74, 6) is -0.142. The zero-order valence-corrected chi connectivity index (χ0v) is 24.1. The third-order valence-corrected chi connectivity index (χ3v) is 9.15. The number of aliphatic hydroxyl groups is 1. The molecule has 7 heteroatoms. The van der Waals surface area contributed by atoms with Gasteiger partial charge in [-0.2, -0.15) is 0 Å². The van der Waals surface area contributed by atoms with Crippen LogP contribution in [0.25, 0.3) is 0 Å². The molecular formula is C32H52O7. The van der Waals surface area contributed by atoms with Crippen LogP contribution in [0.1, 0.15) is 97.3 Å². The molecule has 2 heterocycles. The van der Waals surface area contributed by atoms with Crippen molar-refractivity contribution in [3.05, 3.63) is 24.3 Å². The molecule has 0 aromatic heterocycles. The smallest absolute Gasteiger partial charge is 0.306 e. The maximum absolute atomic E-state index is 11.2. The van der Waals surface area contributed by atoms with Crippen molar-refractivity contribution in [2.45, 2.75) is 128 Å². The Morgan fingerprint density at radius 3 is 2.38 bits per heavy atom. The fourth-order valence-corrected chi connectivity index (χ4v) is 6.47. The van der Waals surface area contributed by atoms with Crippen molar-refractivity contribution in [1.29, 1.82) is 0 Å². The summed E-state index contributed by atoms with van der Waals surface area (Å²) in [5.41, 5.74) is 0. The number of aliphatic carboxylic acids is 1. The van der Waals surface area contributed by atoms with Gasteiger partial charge in [0.05, 0.1) is 24.2 Å². The summed E-state index contributed by atoms with van der Waals surface area (Å²) in [4.78, 5) is 11.2. The first-order valence-corrected chi connectivity index (χ1v) is 15.7. The van der Waals surface area contributed by atoms with E-state index in [0.717, 1.165) is 83.8 Å². The molecule has 0 amide bonds. The van der Waals surface area contributed by atoms with Gasteiger partial charge in [0.1, 0.15) is 0 Å². The number of aliphatic hydroxyl groups excluding tert-OH is 1.